The van der Waals surface area contributed by atoms with Gasteiger partial charge < -0.3 is 9.47 Å². The summed E-state index contributed by atoms with van der Waals surface area (Å²) >= 11 is 5.91. The van der Waals surface area contributed by atoms with Gasteiger partial charge in [-0.2, -0.15) is 0 Å². The summed E-state index contributed by atoms with van der Waals surface area (Å²) < 4.78 is 24.3. The molecule has 3 rings (SSSR count). The molecule has 1 unspecified atom stereocenters. The average Bonchev–Trinajstić information content (AvgIpc) is 2.57. The highest BCUT2D eigenvalue weighted by atomic mass is 35.5. The molecule has 0 amide bonds. The summed E-state index contributed by atoms with van der Waals surface area (Å²) in [6.07, 6.45) is 0.0149. The molecule has 0 radical (unpaired) electrons. The van der Waals surface area contributed by atoms with Crippen LogP contribution in [0.5, 0.6) is 5.75 Å². The maximum absolute atomic E-state index is 12.9. The van der Waals surface area contributed by atoms with Crippen LogP contribution in [0.3, 0.4) is 0 Å². The molecule has 0 saturated carbocycles. The zero-order valence-electron chi connectivity index (χ0n) is 12.8. The summed E-state index contributed by atoms with van der Waals surface area (Å²) in [4.78, 5) is 2.34. The quantitative estimate of drug-likeness (QED) is 0.830. The van der Waals surface area contributed by atoms with E-state index < -0.39 is 0 Å². The van der Waals surface area contributed by atoms with Crippen LogP contribution in [0.15, 0.2) is 48.5 Å². The van der Waals surface area contributed by atoms with Crippen molar-refractivity contribution in [2.24, 2.45) is 0 Å². The van der Waals surface area contributed by atoms with Gasteiger partial charge in [0.1, 0.15) is 24.3 Å². The zero-order chi connectivity index (χ0) is 16.1. The first-order valence-corrected chi connectivity index (χ1v) is 8.03. The molecule has 0 N–H and O–H groups in total. The highest BCUT2D eigenvalue weighted by molar-refractivity contribution is 6.30. The van der Waals surface area contributed by atoms with Crippen molar-refractivity contribution < 1.29 is 13.9 Å². The van der Waals surface area contributed by atoms with Crippen molar-refractivity contribution in [2.75, 3.05) is 26.3 Å². The summed E-state index contributed by atoms with van der Waals surface area (Å²) in [5, 5.41) is 0.751. The van der Waals surface area contributed by atoms with E-state index in [0.717, 1.165) is 24.7 Å². The lowest BCUT2D eigenvalue weighted by molar-refractivity contribution is -0.0504. The normalized spacial score (nSPS) is 18.8. The molecule has 1 aliphatic rings. The second-order valence-electron chi connectivity index (χ2n) is 5.62. The highest BCUT2D eigenvalue weighted by Gasteiger charge is 2.21. The minimum atomic E-state index is -0.264. The first-order valence-electron chi connectivity index (χ1n) is 7.66. The lowest BCUT2D eigenvalue weighted by atomic mass is 10.2. The van der Waals surface area contributed by atoms with Crippen LogP contribution in [-0.2, 0) is 11.3 Å². The van der Waals surface area contributed by atoms with Gasteiger partial charge in [0.15, 0.2) is 0 Å². The maximum atomic E-state index is 12.9. The molecule has 1 atom stereocenters. The third-order valence-corrected chi connectivity index (χ3v) is 4.04. The Balaban J connectivity index is 1.49. The van der Waals surface area contributed by atoms with Crippen LogP contribution >= 0.6 is 11.6 Å². The van der Waals surface area contributed by atoms with E-state index in [4.69, 9.17) is 21.1 Å². The van der Waals surface area contributed by atoms with E-state index in [1.54, 1.807) is 12.1 Å². The van der Waals surface area contributed by atoms with Gasteiger partial charge in [-0.25, -0.2) is 4.39 Å². The third kappa shape index (κ3) is 4.93. The molecule has 1 fully saturated rings. The summed E-state index contributed by atoms with van der Waals surface area (Å²) in [6, 6.07) is 13.9. The zero-order valence-corrected chi connectivity index (χ0v) is 13.5. The van der Waals surface area contributed by atoms with E-state index in [0.29, 0.717) is 19.0 Å². The molecule has 2 aromatic rings. The van der Waals surface area contributed by atoms with Gasteiger partial charge in [-0.3, -0.25) is 4.90 Å². The molecular formula is C18H19ClFNO2. The number of hydrogen-bond donors (Lipinski definition) is 0. The Kier molecular flexibility index (Phi) is 5.49. The molecule has 1 saturated heterocycles. The van der Waals surface area contributed by atoms with E-state index in [9.17, 15) is 4.39 Å². The molecule has 0 aromatic heterocycles. The Morgan fingerprint density at radius 1 is 1.13 bits per heavy atom. The molecule has 1 aliphatic heterocycles. The molecule has 5 heteroatoms. The van der Waals surface area contributed by atoms with Gasteiger partial charge in [0.05, 0.1) is 6.61 Å². The van der Waals surface area contributed by atoms with Crippen molar-refractivity contribution in [3.05, 3.63) is 64.9 Å². The Bertz CT molecular complexity index is 618. The van der Waals surface area contributed by atoms with Crippen molar-refractivity contribution >= 4 is 11.6 Å². The Morgan fingerprint density at radius 3 is 2.61 bits per heavy atom. The maximum Gasteiger partial charge on any atom is 0.123 e. The van der Waals surface area contributed by atoms with Crippen molar-refractivity contribution in [3.8, 4) is 5.75 Å². The van der Waals surface area contributed by atoms with Gasteiger partial charge in [-0.05, 0) is 42.0 Å². The fraction of sp³-hybridized carbons (Fsp3) is 0.333. The van der Waals surface area contributed by atoms with Crippen molar-refractivity contribution in [1.29, 1.82) is 0 Å². The number of rotatable bonds is 5. The van der Waals surface area contributed by atoms with Gasteiger partial charge in [-0.1, -0.05) is 23.7 Å². The minimum Gasteiger partial charge on any atom is -0.491 e. The molecule has 2 aromatic carbocycles. The number of nitrogens with zero attached hydrogens (tertiary/aromatic N) is 1. The fourth-order valence-corrected chi connectivity index (χ4v) is 2.72. The topological polar surface area (TPSA) is 21.7 Å². The largest absolute Gasteiger partial charge is 0.491 e. The Labute approximate surface area is 140 Å². The standard InChI is InChI=1S/C18H19ClFNO2/c19-15-3-1-14(2-4-15)11-21-9-10-22-18(12-21)13-23-17-7-5-16(20)6-8-17/h1-8,18H,9-13H2. The predicted octanol–water partition coefficient (Wildman–Crippen LogP) is 3.76. The molecule has 1 heterocycles. The SMILES string of the molecule is Fc1ccc(OCC2CN(Cc3ccc(Cl)cc3)CCO2)cc1. The van der Waals surface area contributed by atoms with Crippen molar-refractivity contribution in [2.45, 2.75) is 12.6 Å². The van der Waals surface area contributed by atoms with Crippen LogP contribution in [0.2, 0.25) is 5.02 Å². The molecule has 0 spiro atoms. The van der Waals surface area contributed by atoms with E-state index in [-0.39, 0.29) is 11.9 Å². The van der Waals surface area contributed by atoms with Gasteiger partial charge in [0.2, 0.25) is 0 Å². The predicted molar refractivity (Wildman–Crippen MR) is 88.4 cm³/mol. The fourth-order valence-electron chi connectivity index (χ4n) is 2.59. The molecule has 3 nitrogen and oxygen atoms in total. The second kappa shape index (κ2) is 7.77. The second-order valence-corrected chi connectivity index (χ2v) is 6.06. The van der Waals surface area contributed by atoms with E-state index >= 15 is 0 Å². The highest BCUT2D eigenvalue weighted by Crippen LogP contribution is 2.16. The van der Waals surface area contributed by atoms with Gasteiger partial charge in [0.25, 0.3) is 0 Å². The van der Waals surface area contributed by atoms with Crippen LogP contribution in [-0.4, -0.2) is 37.3 Å². The number of morpholine rings is 1. The van der Waals surface area contributed by atoms with Crippen LogP contribution in [0.1, 0.15) is 5.56 Å². The first kappa shape index (κ1) is 16.2. The number of hydrogen-bond acceptors (Lipinski definition) is 3. The monoisotopic (exact) mass is 335 g/mol. The van der Waals surface area contributed by atoms with E-state index in [2.05, 4.69) is 4.90 Å². The van der Waals surface area contributed by atoms with Crippen LogP contribution < -0.4 is 4.74 Å². The molecule has 0 aliphatic carbocycles. The van der Waals surface area contributed by atoms with Gasteiger partial charge in [0, 0.05) is 24.7 Å². The van der Waals surface area contributed by atoms with Crippen molar-refractivity contribution in [3.63, 3.8) is 0 Å². The molecular weight excluding hydrogens is 317 g/mol. The van der Waals surface area contributed by atoms with Crippen LogP contribution in [0.25, 0.3) is 0 Å². The number of halogens is 2. The third-order valence-electron chi connectivity index (χ3n) is 3.79. The summed E-state index contributed by atoms with van der Waals surface area (Å²) in [5.74, 6) is 0.394. The van der Waals surface area contributed by atoms with Crippen molar-refractivity contribution in [1.82, 2.24) is 4.90 Å². The molecule has 0 bridgehead atoms. The average molecular weight is 336 g/mol. The lowest BCUT2D eigenvalue weighted by Crippen LogP contribution is -2.44. The van der Waals surface area contributed by atoms with Gasteiger partial charge >= 0.3 is 0 Å². The lowest BCUT2D eigenvalue weighted by Gasteiger charge is -2.32. The smallest absolute Gasteiger partial charge is 0.123 e. The summed E-state index contributed by atoms with van der Waals surface area (Å²) in [7, 11) is 0. The van der Waals surface area contributed by atoms with Crippen LogP contribution in [0.4, 0.5) is 4.39 Å². The molecule has 23 heavy (non-hydrogen) atoms. The Morgan fingerprint density at radius 2 is 1.87 bits per heavy atom. The first-order chi connectivity index (χ1) is 11.2. The number of ether oxygens (including phenoxy) is 2. The van der Waals surface area contributed by atoms with Crippen LogP contribution in [0, 0.1) is 5.82 Å². The van der Waals surface area contributed by atoms with Gasteiger partial charge in [-0.15, -0.1) is 0 Å². The van der Waals surface area contributed by atoms with E-state index in [1.165, 1.54) is 17.7 Å². The summed E-state index contributed by atoms with van der Waals surface area (Å²) in [6.45, 7) is 3.72. The Hall–Kier alpha value is -1.62. The minimum absolute atomic E-state index is 0.0149. The number of benzene rings is 2. The summed E-state index contributed by atoms with van der Waals surface area (Å²) in [5.41, 5.74) is 1.23. The molecule has 122 valence electrons. The van der Waals surface area contributed by atoms with E-state index in [1.807, 2.05) is 24.3 Å².